The van der Waals surface area contributed by atoms with E-state index < -0.39 is 6.10 Å². The van der Waals surface area contributed by atoms with Crippen LogP contribution in [-0.2, 0) is 0 Å². The van der Waals surface area contributed by atoms with Crippen LogP contribution in [0.5, 0.6) is 0 Å². The number of thiophene rings is 1. The maximum atomic E-state index is 10.4. The molecule has 0 fully saturated rings. The maximum Gasteiger partial charge on any atom is 0.132 e. The predicted octanol–water partition coefficient (Wildman–Crippen LogP) is 4.02. The van der Waals surface area contributed by atoms with E-state index >= 15 is 0 Å². The second kappa shape index (κ2) is 5.10. The Morgan fingerprint density at radius 1 is 1.53 bits per heavy atom. The quantitative estimate of drug-likeness (QED) is 0.920. The van der Waals surface area contributed by atoms with Crippen LogP contribution in [0.15, 0.2) is 22.1 Å². The molecule has 2 aromatic heterocycles. The number of halogens is 2. The zero-order valence-electron chi connectivity index (χ0n) is 9.39. The van der Waals surface area contributed by atoms with Crippen LogP contribution in [0.25, 0.3) is 0 Å². The van der Waals surface area contributed by atoms with E-state index in [4.69, 9.17) is 11.6 Å². The number of aliphatic hydroxyl groups excluding tert-OH is 1. The highest BCUT2D eigenvalue weighted by molar-refractivity contribution is 9.10. The lowest BCUT2D eigenvalue weighted by molar-refractivity contribution is 0.208. The standard InChI is InChI=1S/C11H12BrClN2OS/c1-6(2)15-9(7(12)5-14-15)10(16)11-8(13)3-4-17-11/h3-6,10,16H,1-2H3. The molecule has 0 radical (unpaired) electrons. The highest BCUT2D eigenvalue weighted by Gasteiger charge is 2.23. The van der Waals surface area contributed by atoms with Crippen molar-refractivity contribution in [3.63, 3.8) is 0 Å². The Balaban J connectivity index is 2.47. The van der Waals surface area contributed by atoms with Crippen molar-refractivity contribution in [3.05, 3.63) is 37.7 Å². The molecule has 0 aliphatic carbocycles. The van der Waals surface area contributed by atoms with E-state index in [0.29, 0.717) is 5.02 Å². The molecule has 0 bridgehead atoms. The molecule has 92 valence electrons. The first-order valence-corrected chi connectivity index (χ1v) is 7.21. The Labute approximate surface area is 117 Å². The minimum absolute atomic E-state index is 0.185. The average Bonchev–Trinajstić information content (AvgIpc) is 2.83. The lowest BCUT2D eigenvalue weighted by atomic mass is 10.2. The van der Waals surface area contributed by atoms with E-state index in [2.05, 4.69) is 21.0 Å². The highest BCUT2D eigenvalue weighted by Crippen LogP contribution is 2.36. The lowest BCUT2D eigenvalue weighted by Crippen LogP contribution is -2.12. The van der Waals surface area contributed by atoms with Gasteiger partial charge in [-0.05, 0) is 41.2 Å². The van der Waals surface area contributed by atoms with Crippen LogP contribution in [0.1, 0.15) is 36.6 Å². The Kier molecular flexibility index (Phi) is 3.92. The number of aliphatic hydroxyl groups is 1. The van der Waals surface area contributed by atoms with Crippen LogP contribution >= 0.6 is 38.9 Å². The number of rotatable bonds is 3. The molecule has 6 heteroatoms. The molecule has 2 heterocycles. The van der Waals surface area contributed by atoms with Gasteiger partial charge in [-0.1, -0.05) is 11.6 Å². The van der Waals surface area contributed by atoms with Crippen LogP contribution in [0.4, 0.5) is 0 Å². The van der Waals surface area contributed by atoms with E-state index in [1.54, 1.807) is 16.9 Å². The van der Waals surface area contributed by atoms with Crippen molar-refractivity contribution in [2.75, 3.05) is 0 Å². The largest absolute Gasteiger partial charge is 0.381 e. The second-order valence-corrected chi connectivity index (χ2v) is 6.16. The molecule has 0 aliphatic rings. The second-order valence-electron chi connectivity index (χ2n) is 3.95. The number of hydrogen-bond acceptors (Lipinski definition) is 3. The molecule has 0 saturated carbocycles. The van der Waals surface area contributed by atoms with Crippen LogP contribution < -0.4 is 0 Å². The molecule has 17 heavy (non-hydrogen) atoms. The van der Waals surface area contributed by atoms with E-state index in [1.165, 1.54) is 11.3 Å². The van der Waals surface area contributed by atoms with Gasteiger partial charge in [-0.15, -0.1) is 11.3 Å². The fourth-order valence-electron chi connectivity index (χ4n) is 1.64. The molecule has 1 N–H and O–H groups in total. The van der Waals surface area contributed by atoms with Crippen molar-refractivity contribution < 1.29 is 5.11 Å². The minimum Gasteiger partial charge on any atom is -0.381 e. The summed E-state index contributed by atoms with van der Waals surface area (Å²) in [4.78, 5) is 0.745. The van der Waals surface area contributed by atoms with Crippen LogP contribution in [-0.4, -0.2) is 14.9 Å². The molecule has 0 saturated heterocycles. The van der Waals surface area contributed by atoms with Crippen molar-refractivity contribution >= 4 is 38.9 Å². The summed E-state index contributed by atoms with van der Waals surface area (Å²) >= 11 is 10.9. The van der Waals surface area contributed by atoms with Crippen molar-refractivity contribution in [1.82, 2.24) is 9.78 Å². The summed E-state index contributed by atoms with van der Waals surface area (Å²) in [5, 5.41) is 17.1. The fourth-order valence-corrected chi connectivity index (χ4v) is 3.28. The minimum atomic E-state index is -0.748. The monoisotopic (exact) mass is 334 g/mol. The highest BCUT2D eigenvalue weighted by atomic mass is 79.9. The molecule has 2 rings (SSSR count). The Morgan fingerprint density at radius 3 is 2.76 bits per heavy atom. The van der Waals surface area contributed by atoms with Crippen molar-refractivity contribution in [1.29, 1.82) is 0 Å². The van der Waals surface area contributed by atoms with Gasteiger partial charge in [0.2, 0.25) is 0 Å². The third-order valence-electron chi connectivity index (χ3n) is 2.43. The molecular weight excluding hydrogens is 324 g/mol. The van der Waals surface area contributed by atoms with E-state index in [-0.39, 0.29) is 6.04 Å². The molecule has 0 amide bonds. The first-order valence-electron chi connectivity index (χ1n) is 5.16. The normalized spacial score (nSPS) is 13.3. The van der Waals surface area contributed by atoms with Gasteiger partial charge in [0, 0.05) is 6.04 Å². The lowest BCUT2D eigenvalue weighted by Gasteiger charge is -2.16. The topological polar surface area (TPSA) is 38.0 Å². The summed E-state index contributed by atoms with van der Waals surface area (Å²) < 4.78 is 2.59. The Hall–Kier alpha value is -0.360. The zero-order chi connectivity index (χ0) is 12.6. The molecule has 1 atom stereocenters. The third kappa shape index (κ3) is 2.42. The van der Waals surface area contributed by atoms with Gasteiger partial charge in [-0.3, -0.25) is 4.68 Å². The number of aromatic nitrogens is 2. The van der Waals surface area contributed by atoms with Gasteiger partial charge in [0.05, 0.1) is 26.3 Å². The van der Waals surface area contributed by atoms with Gasteiger partial charge in [0.1, 0.15) is 6.10 Å². The zero-order valence-corrected chi connectivity index (χ0v) is 12.6. The van der Waals surface area contributed by atoms with Gasteiger partial charge in [-0.25, -0.2) is 0 Å². The molecule has 0 spiro atoms. The van der Waals surface area contributed by atoms with Crippen LogP contribution in [0.2, 0.25) is 5.02 Å². The van der Waals surface area contributed by atoms with Crippen molar-refractivity contribution in [2.24, 2.45) is 0 Å². The molecule has 3 nitrogen and oxygen atoms in total. The van der Waals surface area contributed by atoms with E-state index in [9.17, 15) is 5.11 Å². The average molecular weight is 336 g/mol. The summed E-state index contributed by atoms with van der Waals surface area (Å²) in [6.07, 6.45) is 0.946. The summed E-state index contributed by atoms with van der Waals surface area (Å²) in [7, 11) is 0. The maximum absolute atomic E-state index is 10.4. The van der Waals surface area contributed by atoms with Gasteiger partial charge in [0.15, 0.2) is 0 Å². The van der Waals surface area contributed by atoms with Crippen molar-refractivity contribution in [2.45, 2.75) is 26.0 Å². The van der Waals surface area contributed by atoms with Gasteiger partial charge in [0.25, 0.3) is 0 Å². The molecule has 0 aromatic carbocycles. The summed E-state index contributed by atoms with van der Waals surface area (Å²) in [5.74, 6) is 0. The predicted molar refractivity (Wildman–Crippen MR) is 73.7 cm³/mol. The number of hydrogen-bond donors (Lipinski definition) is 1. The molecule has 1 unspecified atom stereocenters. The van der Waals surface area contributed by atoms with Gasteiger partial charge >= 0.3 is 0 Å². The Bertz CT molecular complexity index is 523. The third-order valence-corrected chi connectivity index (χ3v) is 4.45. The van der Waals surface area contributed by atoms with Gasteiger partial charge < -0.3 is 5.11 Å². The van der Waals surface area contributed by atoms with E-state index in [1.807, 2.05) is 19.2 Å². The molecule has 2 aromatic rings. The van der Waals surface area contributed by atoms with Crippen LogP contribution in [0, 0.1) is 0 Å². The molecular formula is C11H12BrClN2OS. The fraction of sp³-hybridized carbons (Fsp3) is 0.364. The van der Waals surface area contributed by atoms with Gasteiger partial charge in [-0.2, -0.15) is 5.10 Å². The summed E-state index contributed by atoms with van der Waals surface area (Å²) in [5.41, 5.74) is 0.740. The summed E-state index contributed by atoms with van der Waals surface area (Å²) in [6, 6.07) is 1.97. The van der Waals surface area contributed by atoms with E-state index in [0.717, 1.165) is 15.0 Å². The van der Waals surface area contributed by atoms with Crippen molar-refractivity contribution in [3.8, 4) is 0 Å². The summed E-state index contributed by atoms with van der Waals surface area (Å²) in [6.45, 7) is 4.04. The number of nitrogens with zero attached hydrogens (tertiary/aromatic N) is 2. The first-order chi connectivity index (χ1) is 8.02. The van der Waals surface area contributed by atoms with Crippen LogP contribution in [0.3, 0.4) is 0 Å². The Morgan fingerprint density at radius 2 is 2.24 bits per heavy atom. The first kappa shape index (κ1) is 13.1. The SMILES string of the molecule is CC(C)n1ncc(Br)c1C(O)c1sccc1Cl. The molecule has 0 aliphatic heterocycles. The smallest absolute Gasteiger partial charge is 0.132 e.